The molecular weight excluding hydrogens is 233 g/mol. The largest absolute Gasteiger partial charge is 0.324 e. The van der Waals surface area contributed by atoms with Gasteiger partial charge >= 0.3 is 0 Å². The summed E-state index contributed by atoms with van der Waals surface area (Å²) in [6.45, 7) is 2.40. The Morgan fingerprint density at radius 2 is 2.39 bits per heavy atom. The summed E-state index contributed by atoms with van der Waals surface area (Å²) in [4.78, 5) is 11.9. The van der Waals surface area contributed by atoms with Gasteiger partial charge in [-0.25, -0.2) is 4.39 Å². The van der Waals surface area contributed by atoms with Crippen LogP contribution in [0.2, 0.25) is 0 Å². The van der Waals surface area contributed by atoms with E-state index in [1.54, 1.807) is 6.92 Å². The smallest absolute Gasteiger partial charge is 0.241 e. The summed E-state index contributed by atoms with van der Waals surface area (Å²) in [6, 6.07) is 4.30. The highest BCUT2D eigenvalue weighted by atomic mass is 19.1. The predicted octanol–water partition coefficient (Wildman–Crippen LogP) is 1.70. The molecule has 1 aromatic carbocycles. The SMILES string of the molecule is Cc1c(F)cc(C#N)cc1NC(=O)[C@@H]1CCCN1. The zero-order valence-electron chi connectivity index (χ0n) is 10.1. The monoisotopic (exact) mass is 247 g/mol. The van der Waals surface area contributed by atoms with Crippen LogP contribution < -0.4 is 10.6 Å². The fraction of sp³-hybridized carbons (Fsp3) is 0.385. The van der Waals surface area contributed by atoms with Gasteiger partial charge in [-0.1, -0.05) is 0 Å². The van der Waals surface area contributed by atoms with Gasteiger partial charge in [0.25, 0.3) is 0 Å². The molecule has 94 valence electrons. The lowest BCUT2D eigenvalue weighted by molar-refractivity contribution is -0.117. The van der Waals surface area contributed by atoms with Crippen LogP contribution in [-0.2, 0) is 4.79 Å². The van der Waals surface area contributed by atoms with Crippen molar-refractivity contribution in [1.82, 2.24) is 5.32 Å². The molecule has 0 radical (unpaired) electrons. The number of nitriles is 1. The maximum Gasteiger partial charge on any atom is 0.241 e. The molecule has 1 aromatic rings. The van der Waals surface area contributed by atoms with Crippen molar-refractivity contribution in [1.29, 1.82) is 5.26 Å². The summed E-state index contributed by atoms with van der Waals surface area (Å²) in [7, 11) is 0. The third-order valence-electron chi connectivity index (χ3n) is 3.11. The second-order valence-electron chi connectivity index (χ2n) is 4.38. The van der Waals surface area contributed by atoms with Gasteiger partial charge in [0, 0.05) is 11.3 Å². The zero-order chi connectivity index (χ0) is 13.1. The van der Waals surface area contributed by atoms with Gasteiger partial charge in [-0.15, -0.1) is 0 Å². The van der Waals surface area contributed by atoms with Crippen LogP contribution in [-0.4, -0.2) is 18.5 Å². The zero-order valence-corrected chi connectivity index (χ0v) is 10.1. The van der Waals surface area contributed by atoms with E-state index in [1.807, 2.05) is 6.07 Å². The van der Waals surface area contributed by atoms with Gasteiger partial charge in [0.05, 0.1) is 17.7 Å². The molecule has 1 aliphatic rings. The normalized spacial score (nSPS) is 18.4. The molecule has 0 spiro atoms. The van der Waals surface area contributed by atoms with Crippen molar-refractivity contribution in [2.75, 3.05) is 11.9 Å². The van der Waals surface area contributed by atoms with E-state index in [0.29, 0.717) is 11.3 Å². The molecule has 1 heterocycles. The van der Waals surface area contributed by atoms with Gasteiger partial charge in [0.15, 0.2) is 0 Å². The fourth-order valence-corrected chi connectivity index (χ4v) is 2.00. The summed E-state index contributed by atoms with van der Waals surface area (Å²) in [5, 5.41) is 14.5. The summed E-state index contributed by atoms with van der Waals surface area (Å²) >= 11 is 0. The number of nitrogens with zero attached hydrogens (tertiary/aromatic N) is 1. The van der Waals surface area contributed by atoms with Crippen LogP contribution in [0.1, 0.15) is 24.0 Å². The molecule has 1 aliphatic heterocycles. The summed E-state index contributed by atoms with van der Waals surface area (Å²) < 4.78 is 13.5. The third-order valence-corrected chi connectivity index (χ3v) is 3.11. The Hall–Kier alpha value is -1.93. The van der Waals surface area contributed by atoms with Crippen molar-refractivity contribution in [2.24, 2.45) is 0 Å². The van der Waals surface area contributed by atoms with Gasteiger partial charge in [-0.05, 0) is 38.4 Å². The number of hydrogen-bond acceptors (Lipinski definition) is 3. The first-order valence-corrected chi connectivity index (χ1v) is 5.86. The molecule has 0 aliphatic carbocycles. The molecule has 1 atom stereocenters. The molecule has 18 heavy (non-hydrogen) atoms. The van der Waals surface area contributed by atoms with Crippen LogP contribution in [0.4, 0.5) is 10.1 Å². The van der Waals surface area contributed by atoms with Gasteiger partial charge < -0.3 is 10.6 Å². The number of carbonyl (C=O) groups is 1. The van der Waals surface area contributed by atoms with E-state index in [0.717, 1.165) is 19.4 Å². The molecule has 5 heteroatoms. The number of benzene rings is 1. The number of carbonyl (C=O) groups excluding carboxylic acids is 1. The molecular formula is C13H14FN3O. The highest BCUT2D eigenvalue weighted by Crippen LogP contribution is 2.21. The Morgan fingerprint density at radius 1 is 1.61 bits per heavy atom. The Labute approximate surface area is 105 Å². The number of halogens is 1. The first-order valence-electron chi connectivity index (χ1n) is 5.86. The second-order valence-corrected chi connectivity index (χ2v) is 4.38. The average Bonchev–Trinajstić information content (AvgIpc) is 2.88. The van der Waals surface area contributed by atoms with E-state index in [4.69, 9.17) is 5.26 Å². The van der Waals surface area contributed by atoms with Crippen molar-refractivity contribution < 1.29 is 9.18 Å². The minimum Gasteiger partial charge on any atom is -0.324 e. The van der Waals surface area contributed by atoms with Crippen molar-refractivity contribution in [3.63, 3.8) is 0 Å². The molecule has 0 saturated carbocycles. The maximum absolute atomic E-state index is 13.5. The summed E-state index contributed by atoms with van der Waals surface area (Å²) in [5.74, 6) is -0.658. The molecule has 1 fully saturated rings. The Balaban J connectivity index is 2.20. The number of anilines is 1. The van der Waals surface area contributed by atoms with Crippen LogP contribution in [0, 0.1) is 24.1 Å². The minimum atomic E-state index is -0.483. The topological polar surface area (TPSA) is 64.9 Å². The number of nitrogens with one attached hydrogen (secondary N) is 2. The molecule has 2 N–H and O–H groups in total. The van der Waals surface area contributed by atoms with Crippen molar-refractivity contribution in [3.8, 4) is 6.07 Å². The van der Waals surface area contributed by atoms with E-state index >= 15 is 0 Å². The summed E-state index contributed by atoms with van der Waals surface area (Å²) in [5.41, 5.74) is 0.915. The lowest BCUT2D eigenvalue weighted by atomic mass is 10.1. The van der Waals surface area contributed by atoms with Crippen molar-refractivity contribution in [3.05, 3.63) is 29.1 Å². The van der Waals surface area contributed by atoms with E-state index in [2.05, 4.69) is 10.6 Å². The van der Waals surface area contributed by atoms with Crippen molar-refractivity contribution >= 4 is 11.6 Å². The van der Waals surface area contributed by atoms with E-state index in [-0.39, 0.29) is 17.5 Å². The first kappa shape index (κ1) is 12.5. The molecule has 1 amide bonds. The van der Waals surface area contributed by atoms with Gasteiger partial charge in [-0.3, -0.25) is 4.79 Å². The van der Waals surface area contributed by atoms with Crippen LogP contribution in [0.15, 0.2) is 12.1 Å². The molecule has 1 saturated heterocycles. The lowest BCUT2D eigenvalue weighted by Gasteiger charge is -2.13. The number of rotatable bonds is 2. The molecule has 2 rings (SSSR count). The Morgan fingerprint density at radius 3 is 3.00 bits per heavy atom. The fourth-order valence-electron chi connectivity index (χ4n) is 2.00. The predicted molar refractivity (Wildman–Crippen MR) is 65.5 cm³/mol. The third kappa shape index (κ3) is 2.49. The number of hydrogen-bond donors (Lipinski definition) is 2. The highest BCUT2D eigenvalue weighted by molar-refractivity contribution is 5.95. The Bertz CT molecular complexity index is 516. The first-order chi connectivity index (χ1) is 8.61. The van der Waals surface area contributed by atoms with Crippen LogP contribution in [0.5, 0.6) is 0 Å². The number of amides is 1. The highest BCUT2D eigenvalue weighted by Gasteiger charge is 2.22. The maximum atomic E-state index is 13.5. The van der Waals surface area contributed by atoms with Gasteiger partial charge in [0.2, 0.25) is 5.91 Å². The quantitative estimate of drug-likeness (QED) is 0.836. The second kappa shape index (κ2) is 5.15. The van der Waals surface area contributed by atoms with Crippen LogP contribution in [0.3, 0.4) is 0 Å². The standard InChI is InChI=1S/C13H14FN3O/c1-8-10(14)5-9(7-15)6-12(8)17-13(18)11-3-2-4-16-11/h5-6,11,16H,2-4H2,1H3,(H,17,18)/t11-/m0/s1. The molecule has 0 unspecified atom stereocenters. The molecule has 0 bridgehead atoms. The van der Waals surface area contributed by atoms with E-state index in [1.165, 1.54) is 12.1 Å². The van der Waals surface area contributed by atoms with Gasteiger partial charge in [-0.2, -0.15) is 5.26 Å². The van der Waals surface area contributed by atoms with Crippen LogP contribution >= 0.6 is 0 Å². The molecule has 4 nitrogen and oxygen atoms in total. The van der Waals surface area contributed by atoms with Crippen molar-refractivity contribution in [2.45, 2.75) is 25.8 Å². The van der Waals surface area contributed by atoms with Crippen LogP contribution in [0.25, 0.3) is 0 Å². The summed E-state index contributed by atoms with van der Waals surface area (Å²) in [6.07, 6.45) is 1.75. The van der Waals surface area contributed by atoms with E-state index in [9.17, 15) is 9.18 Å². The lowest BCUT2D eigenvalue weighted by Crippen LogP contribution is -2.35. The minimum absolute atomic E-state index is 0.176. The van der Waals surface area contributed by atoms with E-state index < -0.39 is 5.82 Å². The van der Waals surface area contributed by atoms with Gasteiger partial charge in [0.1, 0.15) is 5.82 Å². The molecule has 0 aromatic heterocycles. The Kier molecular flexibility index (Phi) is 3.58. The average molecular weight is 247 g/mol.